The fraction of sp³-hybridized carbons (Fsp3) is 0.333. The molecule has 134 valence electrons. The highest BCUT2D eigenvalue weighted by Gasteiger charge is 2.28. The number of piperidine rings is 1. The van der Waals surface area contributed by atoms with Crippen molar-refractivity contribution in [3.63, 3.8) is 0 Å². The van der Waals surface area contributed by atoms with Gasteiger partial charge in [-0.3, -0.25) is 4.79 Å². The molecule has 2 heterocycles. The van der Waals surface area contributed by atoms with Crippen LogP contribution in [0.4, 0.5) is 6.01 Å². The number of amides is 1. The van der Waals surface area contributed by atoms with E-state index in [1.165, 1.54) is 0 Å². The number of hydrogen-bond donors (Lipinski definition) is 1. The average molecular weight is 349 g/mol. The third kappa shape index (κ3) is 3.43. The van der Waals surface area contributed by atoms with Crippen LogP contribution in [0.15, 0.2) is 59.0 Å². The van der Waals surface area contributed by atoms with Crippen molar-refractivity contribution in [1.29, 1.82) is 0 Å². The minimum Gasteiger partial charge on any atom is -0.423 e. The van der Waals surface area contributed by atoms with E-state index in [1.54, 1.807) is 0 Å². The van der Waals surface area contributed by atoms with Crippen molar-refractivity contribution >= 4 is 23.0 Å². The zero-order valence-electron chi connectivity index (χ0n) is 14.9. The topological polar surface area (TPSA) is 58.4 Å². The van der Waals surface area contributed by atoms with E-state index in [4.69, 9.17) is 4.42 Å². The molecule has 1 unspecified atom stereocenters. The van der Waals surface area contributed by atoms with Crippen LogP contribution in [0.3, 0.4) is 0 Å². The van der Waals surface area contributed by atoms with Gasteiger partial charge >= 0.3 is 0 Å². The van der Waals surface area contributed by atoms with Crippen molar-refractivity contribution in [2.75, 3.05) is 18.0 Å². The number of nitrogens with one attached hydrogen (secondary N) is 1. The van der Waals surface area contributed by atoms with Crippen LogP contribution >= 0.6 is 0 Å². The molecule has 4 rings (SSSR count). The fourth-order valence-corrected chi connectivity index (χ4v) is 3.48. The van der Waals surface area contributed by atoms with Crippen LogP contribution in [0.1, 0.15) is 31.4 Å². The molecule has 1 aliphatic heterocycles. The van der Waals surface area contributed by atoms with E-state index in [2.05, 4.69) is 15.2 Å². The predicted octanol–water partition coefficient (Wildman–Crippen LogP) is 3.92. The Morgan fingerprint density at radius 3 is 2.54 bits per heavy atom. The molecule has 1 aliphatic rings. The number of nitrogens with zero attached hydrogens (tertiary/aromatic N) is 2. The molecule has 0 radical (unpaired) electrons. The van der Waals surface area contributed by atoms with Gasteiger partial charge in [-0.15, -0.1) is 0 Å². The lowest BCUT2D eigenvalue weighted by atomic mass is 9.95. The van der Waals surface area contributed by atoms with Crippen molar-refractivity contribution in [3.05, 3.63) is 60.2 Å². The van der Waals surface area contributed by atoms with Crippen molar-refractivity contribution < 1.29 is 9.21 Å². The monoisotopic (exact) mass is 349 g/mol. The number of para-hydroxylation sites is 2. The molecule has 1 N–H and O–H groups in total. The van der Waals surface area contributed by atoms with Gasteiger partial charge in [0.25, 0.3) is 6.01 Å². The lowest BCUT2D eigenvalue weighted by molar-refractivity contribution is -0.126. The zero-order chi connectivity index (χ0) is 17.9. The van der Waals surface area contributed by atoms with E-state index in [9.17, 15) is 4.79 Å². The molecule has 1 aromatic heterocycles. The smallest absolute Gasteiger partial charge is 0.298 e. The molecule has 0 saturated carbocycles. The Morgan fingerprint density at radius 2 is 1.81 bits per heavy atom. The van der Waals surface area contributed by atoms with Gasteiger partial charge in [0.05, 0.1) is 6.04 Å². The summed E-state index contributed by atoms with van der Waals surface area (Å²) in [5.74, 6) is 0.181. The van der Waals surface area contributed by atoms with Gasteiger partial charge in [-0.25, -0.2) is 0 Å². The Hall–Kier alpha value is -2.82. The average Bonchev–Trinajstić information content (AvgIpc) is 3.13. The van der Waals surface area contributed by atoms with Crippen LogP contribution in [-0.2, 0) is 4.79 Å². The fourth-order valence-electron chi connectivity index (χ4n) is 3.48. The van der Waals surface area contributed by atoms with Crippen molar-refractivity contribution in [2.24, 2.45) is 5.92 Å². The summed E-state index contributed by atoms with van der Waals surface area (Å²) in [6, 6.07) is 18.5. The molecule has 2 aromatic carbocycles. The van der Waals surface area contributed by atoms with Crippen LogP contribution in [0, 0.1) is 5.92 Å². The maximum Gasteiger partial charge on any atom is 0.298 e. The summed E-state index contributed by atoms with van der Waals surface area (Å²) >= 11 is 0. The Bertz CT molecular complexity index is 849. The lowest BCUT2D eigenvalue weighted by Crippen LogP contribution is -2.41. The SMILES string of the molecule is CC(NC(=O)C1CCN(c2nc3ccccc3o2)CC1)c1ccccc1. The number of carbonyl (C=O) groups is 1. The molecule has 1 fully saturated rings. The lowest BCUT2D eigenvalue weighted by Gasteiger charge is -2.30. The Kier molecular flexibility index (Phi) is 4.61. The van der Waals surface area contributed by atoms with E-state index in [0.29, 0.717) is 6.01 Å². The predicted molar refractivity (Wildman–Crippen MR) is 102 cm³/mol. The normalized spacial score (nSPS) is 16.6. The van der Waals surface area contributed by atoms with Gasteiger partial charge in [-0.1, -0.05) is 42.5 Å². The van der Waals surface area contributed by atoms with Gasteiger partial charge in [0, 0.05) is 19.0 Å². The van der Waals surface area contributed by atoms with Crippen LogP contribution < -0.4 is 10.2 Å². The second-order valence-electron chi connectivity index (χ2n) is 6.87. The van der Waals surface area contributed by atoms with Crippen molar-refractivity contribution in [2.45, 2.75) is 25.8 Å². The molecule has 5 nitrogen and oxygen atoms in total. The molecular weight excluding hydrogens is 326 g/mol. The van der Waals surface area contributed by atoms with E-state index in [1.807, 2.05) is 61.5 Å². The first-order valence-corrected chi connectivity index (χ1v) is 9.16. The molecule has 3 aromatic rings. The van der Waals surface area contributed by atoms with Gasteiger partial charge < -0.3 is 14.6 Å². The third-order valence-corrected chi connectivity index (χ3v) is 5.08. The van der Waals surface area contributed by atoms with Crippen LogP contribution in [-0.4, -0.2) is 24.0 Å². The Morgan fingerprint density at radius 1 is 1.12 bits per heavy atom. The number of aromatic nitrogens is 1. The van der Waals surface area contributed by atoms with Crippen molar-refractivity contribution in [1.82, 2.24) is 10.3 Å². The molecule has 1 amide bonds. The molecule has 26 heavy (non-hydrogen) atoms. The molecular formula is C21H23N3O2. The van der Waals surface area contributed by atoms with E-state index in [-0.39, 0.29) is 17.9 Å². The number of fused-ring (bicyclic) bond motifs is 1. The summed E-state index contributed by atoms with van der Waals surface area (Å²) in [6.07, 6.45) is 1.62. The van der Waals surface area contributed by atoms with Crippen LogP contribution in [0.25, 0.3) is 11.1 Å². The number of benzene rings is 2. The minimum absolute atomic E-state index is 0.0266. The maximum atomic E-state index is 12.6. The second kappa shape index (κ2) is 7.20. The third-order valence-electron chi connectivity index (χ3n) is 5.08. The summed E-state index contributed by atoms with van der Waals surface area (Å²) in [6.45, 7) is 3.59. The summed E-state index contributed by atoms with van der Waals surface area (Å²) in [7, 11) is 0. The highest BCUT2D eigenvalue weighted by Crippen LogP contribution is 2.26. The molecule has 1 saturated heterocycles. The summed E-state index contributed by atoms with van der Waals surface area (Å²) < 4.78 is 5.84. The first-order chi connectivity index (χ1) is 12.7. The number of rotatable bonds is 4. The molecule has 0 aliphatic carbocycles. The summed E-state index contributed by atoms with van der Waals surface area (Å²) in [5.41, 5.74) is 2.81. The molecule has 0 spiro atoms. The molecule has 1 atom stereocenters. The van der Waals surface area contributed by atoms with E-state index >= 15 is 0 Å². The van der Waals surface area contributed by atoms with Gasteiger partial charge in [-0.2, -0.15) is 4.98 Å². The molecule has 0 bridgehead atoms. The highest BCUT2D eigenvalue weighted by atomic mass is 16.4. The van der Waals surface area contributed by atoms with Crippen molar-refractivity contribution in [3.8, 4) is 0 Å². The minimum atomic E-state index is 0.0266. The Labute approximate surface area is 153 Å². The number of anilines is 1. The quantitative estimate of drug-likeness (QED) is 0.775. The van der Waals surface area contributed by atoms with E-state index < -0.39 is 0 Å². The first-order valence-electron chi connectivity index (χ1n) is 9.16. The summed E-state index contributed by atoms with van der Waals surface area (Å²) in [4.78, 5) is 19.3. The van der Waals surface area contributed by atoms with Crippen LogP contribution in [0.5, 0.6) is 0 Å². The largest absolute Gasteiger partial charge is 0.423 e. The van der Waals surface area contributed by atoms with Crippen LogP contribution in [0.2, 0.25) is 0 Å². The van der Waals surface area contributed by atoms with E-state index in [0.717, 1.165) is 42.6 Å². The first kappa shape index (κ1) is 16.6. The van der Waals surface area contributed by atoms with Gasteiger partial charge in [0.15, 0.2) is 5.58 Å². The van der Waals surface area contributed by atoms with Gasteiger partial charge in [0.2, 0.25) is 5.91 Å². The van der Waals surface area contributed by atoms with Gasteiger partial charge in [-0.05, 0) is 37.5 Å². The standard InChI is InChI=1S/C21H23N3O2/c1-15(16-7-3-2-4-8-16)22-20(25)17-11-13-24(14-12-17)21-23-18-9-5-6-10-19(18)26-21/h2-10,15,17H,11-14H2,1H3,(H,22,25). The zero-order valence-corrected chi connectivity index (χ0v) is 14.9. The van der Waals surface area contributed by atoms with Gasteiger partial charge in [0.1, 0.15) is 5.52 Å². The maximum absolute atomic E-state index is 12.6. The second-order valence-corrected chi connectivity index (χ2v) is 6.87. The number of hydrogen-bond acceptors (Lipinski definition) is 4. The highest BCUT2D eigenvalue weighted by molar-refractivity contribution is 5.79. The molecule has 5 heteroatoms. The number of carbonyl (C=O) groups excluding carboxylic acids is 1. The number of oxazole rings is 1. The Balaban J connectivity index is 1.35. The summed E-state index contributed by atoms with van der Waals surface area (Å²) in [5, 5.41) is 3.15.